The summed E-state index contributed by atoms with van der Waals surface area (Å²) < 4.78 is 20.8. The van der Waals surface area contributed by atoms with Crippen molar-refractivity contribution in [1.82, 2.24) is 26.1 Å². The molecule has 61 heavy (non-hydrogen) atoms. The SMILES string of the molecule is C/C(N)=N/OC(=O)C1CCC(CNC(=O)OC(C)(C)C)CC1.CC(C)(C)OC(=O)NCC1CCC(C(=O)O)CC1.Cc1noc(C2CCC(CNC(=O)OC(C)(C)C)CC2)n1. The van der Waals surface area contributed by atoms with Crippen molar-refractivity contribution in [3.63, 3.8) is 0 Å². The highest BCUT2D eigenvalue weighted by atomic mass is 16.7. The zero-order valence-electron chi connectivity index (χ0n) is 38.5. The Kier molecular flexibility index (Phi) is 21.3. The van der Waals surface area contributed by atoms with Crippen LogP contribution >= 0.6 is 0 Å². The van der Waals surface area contributed by atoms with E-state index in [9.17, 15) is 24.0 Å². The Morgan fingerprint density at radius 2 is 1.02 bits per heavy atom. The lowest BCUT2D eigenvalue weighted by Gasteiger charge is -2.27. The fraction of sp³-hybridized carbons (Fsp3) is 0.814. The third-order valence-corrected chi connectivity index (χ3v) is 10.2. The highest BCUT2D eigenvalue weighted by molar-refractivity contribution is 5.79. The van der Waals surface area contributed by atoms with Gasteiger partial charge in [0.1, 0.15) is 22.6 Å². The van der Waals surface area contributed by atoms with Gasteiger partial charge in [0.25, 0.3) is 0 Å². The third-order valence-electron chi connectivity index (χ3n) is 10.2. The minimum absolute atomic E-state index is 0.138. The minimum atomic E-state index is -0.700. The molecule has 3 saturated carbocycles. The van der Waals surface area contributed by atoms with E-state index in [2.05, 4.69) is 31.2 Å². The average molecular weight is 866 g/mol. The summed E-state index contributed by atoms with van der Waals surface area (Å²) in [6, 6.07) is 0. The number of carbonyl (C=O) groups excluding carboxylic acids is 4. The molecule has 18 heteroatoms. The number of amidine groups is 1. The lowest BCUT2D eigenvalue weighted by molar-refractivity contribution is -0.150. The summed E-state index contributed by atoms with van der Waals surface area (Å²) in [6.07, 6.45) is 9.35. The monoisotopic (exact) mass is 866 g/mol. The predicted octanol–water partition coefficient (Wildman–Crippen LogP) is 7.73. The molecule has 0 aromatic carbocycles. The molecule has 6 N–H and O–H groups in total. The van der Waals surface area contributed by atoms with Crippen LogP contribution in [0.1, 0.15) is 164 Å². The summed E-state index contributed by atoms with van der Waals surface area (Å²) in [5.41, 5.74) is 3.90. The number of amides is 3. The fourth-order valence-corrected chi connectivity index (χ4v) is 7.13. The van der Waals surface area contributed by atoms with Gasteiger partial charge in [0, 0.05) is 25.6 Å². The van der Waals surface area contributed by atoms with Gasteiger partial charge in [0.05, 0.1) is 11.8 Å². The molecule has 0 spiro atoms. The van der Waals surface area contributed by atoms with Crippen molar-refractivity contribution in [3.05, 3.63) is 11.7 Å². The van der Waals surface area contributed by atoms with E-state index in [1.165, 1.54) is 0 Å². The number of alkyl carbamates (subject to hydrolysis) is 3. The number of carbonyl (C=O) groups is 5. The summed E-state index contributed by atoms with van der Waals surface area (Å²) in [7, 11) is 0. The first kappa shape index (κ1) is 52.5. The zero-order chi connectivity index (χ0) is 46.0. The number of aromatic nitrogens is 2. The zero-order valence-corrected chi connectivity index (χ0v) is 38.5. The van der Waals surface area contributed by atoms with Gasteiger partial charge in [-0.15, -0.1) is 0 Å². The summed E-state index contributed by atoms with van der Waals surface area (Å²) in [4.78, 5) is 66.3. The number of aliphatic carboxylic acids is 1. The molecule has 0 atom stereocenters. The van der Waals surface area contributed by atoms with Crippen LogP contribution in [0.25, 0.3) is 0 Å². The van der Waals surface area contributed by atoms with E-state index in [4.69, 9.17) is 34.4 Å². The van der Waals surface area contributed by atoms with Gasteiger partial charge in [-0.25, -0.2) is 19.2 Å². The topological polar surface area (TPSA) is 256 Å². The van der Waals surface area contributed by atoms with Crippen LogP contribution in [0.5, 0.6) is 0 Å². The molecule has 0 unspecified atom stereocenters. The van der Waals surface area contributed by atoms with E-state index in [1.54, 1.807) is 6.92 Å². The number of aryl methyl sites for hydroxylation is 1. The second-order valence-corrected chi connectivity index (χ2v) is 19.5. The molecule has 18 nitrogen and oxygen atoms in total. The Balaban J connectivity index is 0.000000317. The Morgan fingerprint density at radius 3 is 1.33 bits per heavy atom. The molecule has 1 aromatic rings. The van der Waals surface area contributed by atoms with Crippen LogP contribution < -0.4 is 21.7 Å². The lowest BCUT2D eigenvalue weighted by atomic mass is 9.82. The molecule has 0 aliphatic heterocycles. The highest BCUT2D eigenvalue weighted by Gasteiger charge is 2.30. The van der Waals surface area contributed by atoms with Crippen LogP contribution in [0.3, 0.4) is 0 Å². The van der Waals surface area contributed by atoms with Crippen LogP contribution in [0, 0.1) is 36.5 Å². The van der Waals surface area contributed by atoms with E-state index >= 15 is 0 Å². The predicted molar refractivity (Wildman–Crippen MR) is 228 cm³/mol. The maximum absolute atomic E-state index is 11.8. The van der Waals surface area contributed by atoms with Crippen molar-refractivity contribution in [2.75, 3.05) is 19.6 Å². The molecule has 3 fully saturated rings. The van der Waals surface area contributed by atoms with E-state index in [0.29, 0.717) is 62.0 Å². The standard InChI is InChI=1S/C15H27N3O4.C15H25N3O3.C13H23NO4/c1-10(16)18-22-13(19)12-7-5-11(6-8-12)9-17-14(20)21-15(2,3)4;1-10-17-13(21-18-10)12-7-5-11(6-8-12)9-16-14(19)20-15(2,3)4;1-13(2,3)18-12(17)14-8-9-4-6-10(7-5-9)11(15)16/h11-12H,5-9H2,1-4H3,(H2,16,18)(H,17,20);11-12H,5-9H2,1-4H3,(H,16,19);9-10H,4-8H2,1-3H3,(H,14,17)(H,15,16). The molecule has 0 radical (unpaired) electrons. The molecule has 3 amide bonds. The number of ether oxygens (including phenoxy) is 3. The Morgan fingerprint density at radius 1 is 0.656 bits per heavy atom. The number of oxime groups is 1. The van der Waals surface area contributed by atoms with Gasteiger partial charge in [-0.2, -0.15) is 4.98 Å². The number of hydrogen-bond donors (Lipinski definition) is 5. The average Bonchev–Trinajstić information content (AvgIpc) is 3.59. The summed E-state index contributed by atoms with van der Waals surface area (Å²) >= 11 is 0. The normalized spacial score (nSPS) is 23.3. The van der Waals surface area contributed by atoms with Gasteiger partial charge < -0.3 is 50.4 Å². The number of carboxylic acids is 1. The molecule has 4 rings (SSSR count). The van der Waals surface area contributed by atoms with E-state index < -0.39 is 35.0 Å². The quantitative estimate of drug-likeness (QED) is 0.0496. The highest BCUT2D eigenvalue weighted by Crippen LogP contribution is 2.35. The van der Waals surface area contributed by atoms with Crippen molar-refractivity contribution < 1.29 is 52.7 Å². The smallest absolute Gasteiger partial charge is 0.407 e. The van der Waals surface area contributed by atoms with E-state index in [-0.39, 0.29) is 29.7 Å². The van der Waals surface area contributed by atoms with Crippen LogP contribution in [-0.4, -0.2) is 87.7 Å². The van der Waals surface area contributed by atoms with E-state index in [1.807, 2.05) is 69.2 Å². The van der Waals surface area contributed by atoms with Crippen LogP contribution in [0.4, 0.5) is 14.4 Å². The van der Waals surface area contributed by atoms with Crippen molar-refractivity contribution in [2.24, 2.45) is 40.5 Å². The first-order valence-corrected chi connectivity index (χ1v) is 21.7. The number of rotatable bonds is 10. The van der Waals surface area contributed by atoms with Gasteiger partial charge in [0.2, 0.25) is 5.89 Å². The number of carboxylic acid groups (broad SMARTS) is 1. The number of nitrogens with two attached hydrogens (primary N) is 1. The Labute approximate surface area is 361 Å². The first-order valence-electron chi connectivity index (χ1n) is 21.7. The molecular weight excluding hydrogens is 791 g/mol. The van der Waals surface area contributed by atoms with Crippen molar-refractivity contribution >= 4 is 36.1 Å². The maximum Gasteiger partial charge on any atom is 0.407 e. The summed E-state index contributed by atoms with van der Waals surface area (Å²) in [5.74, 6) is 1.89. The van der Waals surface area contributed by atoms with Crippen LogP contribution in [0.2, 0.25) is 0 Å². The van der Waals surface area contributed by atoms with Gasteiger partial charge in [-0.3, -0.25) is 4.79 Å². The van der Waals surface area contributed by atoms with Gasteiger partial charge in [-0.1, -0.05) is 10.3 Å². The molecule has 1 heterocycles. The molecule has 1 aromatic heterocycles. The maximum atomic E-state index is 11.8. The van der Waals surface area contributed by atoms with Crippen LogP contribution in [0.15, 0.2) is 9.68 Å². The van der Waals surface area contributed by atoms with Crippen LogP contribution in [-0.2, 0) is 28.6 Å². The first-order chi connectivity index (χ1) is 28.3. The fourth-order valence-electron chi connectivity index (χ4n) is 7.13. The van der Waals surface area contributed by atoms with Gasteiger partial charge in [0.15, 0.2) is 5.82 Å². The largest absolute Gasteiger partial charge is 0.481 e. The van der Waals surface area contributed by atoms with Gasteiger partial charge >= 0.3 is 30.2 Å². The summed E-state index contributed by atoms with van der Waals surface area (Å²) in [5, 5.41) is 24.6. The number of nitrogens with one attached hydrogen (secondary N) is 3. The third kappa shape index (κ3) is 23.8. The lowest BCUT2D eigenvalue weighted by Crippen LogP contribution is -2.36. The molecule has 3 aliphatic carbocycles. The second kappa shape index (κ2) is 24.7. The number of hydrogen-bond acceptors (Lipinski definition) is 13. The Hall–Kier alpha value is -4.64. The van der Waals surface area contributed by atoms with Gasteiger partial charge in [-0.05, 0) is 171 Å². The Bertz CT molecular complexity index is 1550. The van der Waals surface area contributed by atoms with Crippen molar-refractivity contribution in [3.8, 4) is 0 Å². The molecule has 0 saturated heterocycles. The molecule has 0 bridgehead atoms. The minimum Gasteiger partial charge on any atom is -0.481 e. The molecular formula is C43H75N7O11. The van der Waals surface area contributed by atoms with Crippen molar-refractivity contribution in [2.45, 2.75) is 176 Å². The number of nitrogens with zero attached hydrogens (tertiary/aromatic N) is 3. The second-order valence-electron chi connectivity index (χ2n) is 19.5. The molecule has 348 valence electrons. The summed E-state index contributed by atoms with van der Waals surface area (Å²) in [6.45, 7) is 21.8. The van der Waals surface area contributed by atoms with Crippen molar-refractivity contribution in [1.29, 1.82) is 0 Å². The van der Waals surface area contributed by atoms with E-state index in [0.717, 1.165) is 70.1 Å². The molecule has 3 aliphatic rings.